The zero-order valence-electron chi connectivity index (χ0n) is 9.99. The molecule has 1 heterocycles. The second kappa shape index (κ2) is 6.44. The topological polar surface area (TPSA) is 22.1 Å². The molecule has 1 rings (SSSR count). The van der Waals surface area contributed by atoms with Crippen molar-refractivity contribution in [1.82, 2.24) is 4.98 Å². The Balaban J connectivity index is 2.52. The zero-order valence-corrected chi connectivity index (χ0v) is 9.99. The lowest BCUT2D eigenvalue weighted by Crippen LogP contribution is -1.98. The number of unbranched alkanes of at least 4 members (excludes halogenated alkanes) is 2. The molecule has 1 atom stereocenters. The molecule has 2 nitrogen and oxygen atoms in total. The predicted molar refractivity (Wildman–Crippen MR) is 63.3 cm³/mol. The fourth-order valence-corrected chi connectivity index (χ4v) is 1.67. The van der Waals surface area contributed by atoms with E-state index in [2.05, 4.69) is 24.9 Å². The van der Waals surface area contributed by atoms with Crippen molar-refractivity contribution in [3.63, 3.8) is 0 Å². The molecule has 0 saturated carbocycles. The van der Waals surface area contributed by atoms with Gasteiger partial charge >= 0.3 is 0 Å². The van der Waals surface area contributed by atoms with Crippen LogP contribution in [0.15, 0.2) is 18.2 Å². The van der Waals surface area contributed by atoms with Crippen molar-refractivity contribution >= 4 is 0 Å². The van der Waals surface area contributed by atoms with Crippen molar-refractivity contribution in [3.8, 4) is 5.88 Å². The second-order valence-corrected chi connectivity index (χ2v) is 4.00. The van der Waals surface area contributed by atoms with E-state index in [0.29, 0.717) is 5.92 Å². The molecule has 0 amide bonds. The lowest BCUT2D eigenvalue weighted by atomic mass is 9.99. The van der Waals surface area contributed by atoms with E-state index in [1.807, 2.05) is 12.1 Å². The predicted octanol–water partition coefficient (Wildman–Crippen LogP) is 3.77. The fraction of sp³-hybridized carbons (Fsp3) is 0.615. The van der Waals surface area contributed by atoms with Crippen molar-refractivity contribution < 1.29 is 4.74 Å². The van der Waals surface area contributed by atoms with Gasteiger partial charge in [0.2, 0.25) is 5.88 Å². The van der Waals surface area contributed by atoms with Gasteiger partial charge in [-0.15, -0.1) is 0 Å². The Labute approximate surface area is 92.7 Å². The molecule has 0 fully saturated rings. The summed E-state index contributed by atoms with van der Waals surface area (Å²) in [5.74, 6) is 1.25. The number of ether oxygens (including phenoxy) is 1. The highest BCUT2D eigenvalue weighted by Crippen LogP contribution is 2.21. The third kappa shape index (κ3) is 3.90. The summed E-state index contributed by atoms with van der Waals surface area (Å²) >= 11 is 0. The molecule has 1 aromatic heterocycles. The van der Waals surface area contributed by atoms with Crippen LogP contribution in [0.3, 0.4) is 0 Å². The maximum Gasteiger partial charge on any atom is 0.213 e. The molecule has 1 unspecified atom stereocenters. The van der Waals surface area contributed by atoms with E-state index in [0.717, 1.165) is 11.6 Å². The van der Waals surface area contributed by atoms with Crippen LogP contribution in [-0.2, 0) is 0 Å². The number of nitrogens with zero attached hydrogens (tertiary/aromatic N) is 1. The Bertz CT molecular complexity index is 286. The van der Waals surface area contributed by atoms with Crippen LogP contribution >= 0.6 is 0 Å². The Hall–Kier alpha value is -1.05. The lowest BCUT2D eigenvalue weighted by molar-refractivity contribution is 0.394. The number of hydrogen-bond acceptors (Lipinski definition) is 2. The molecule has 0 saturated heterocycles. The van der Waals surface area contributed by atoms with Crippen LogP contribution in [0, 0.1) is 0 Å². The van der Waals surface area contributed by atoms with E-state index < -0.39 is 0 Å². The van der Waals surface area contributed by atoms with Crippen LogP contribution < -0.4 is 4.74 Å². The molecule has 0 aliphatic heterocycles. The van der Waals surface area contributed by atoms with Crippen LogP contribution in [0.1, 0.15) is 51.1 Å². The summed E-state index contributed by atoms with van der Waals surface area (Å²) in [5, 5.41) is 0. The average molecular weight is 207 g/mol. The molecule has 0 spiro atoms. The van der Waals surface area contributed by atoms with Gasteiger partial charge in [0.25, 0.3) is 0 Å². The van der Waals surface area contributed by atoms with Crippen molar-refractivity contribution in [2.75, 3.05) is 7.11 Å². The van der Waals surface area contributed by atoms with Crippen molar-refractivity contribution in [2.24, 2.45) is 0 Å². The van der Waals surface area contributed by atoms with Crippen molar-refractivity contribution in [2.45, 2.75) is 45.4 Å². The van der Waals surface area contributed by atoms with Gasteiger partial charge in [-0.05, 0) is 18.4 Å². The highest BCUT2D eigenvalue weighted by atomic mass is 16.5. The number of rotatable bonds is 6. The standard InChI is InChI=1S/C13H21NO/c1-4-5-6-8-11(2)12-9-7-10-13(14-12)15-3/h7,9-11H,4-6,8H2,1-3H3. The van der Waals surface area contributed by atoms with Crippen LogP contribution in [0.25, 0.3) is 0 Å². The van der Waals surface area contributed by atoms with Gasteiger partial charge in [0.05, 0.1) is 7.11 Å². The minimum atomic E-state index is 0.534. The minimum absolute atomic E-state index is 0.534. The largest absolute Gasteiger partial charge is 0.481 e. The first-order chi connectivity index (χ1) is 7.27. The highest BCUT2D eigenvalue weighted by Gasteiger charge is 2.07. The van der Waals surface area contributed by atoms with Gasteiger partial charge in [-0.1, -0.05) is 39.2 Å². The SMILES string of the molecule is CCCCCC(C)c1cccc(OC)n1. The van der Waals surface area contributed by atoms with Crippen LogP contribution in [0.5, 0.6) is 5.88 Å². The molecule has 0 aromatic carbocycles. The van der Waals surface area contributed by atoms with Gasteiger partial charge < -0.3 is 4.74 Å². The molecule has 15 heavy (non-hydrogen) atoms. The van der Waals surface area contributed by atoms with Gasteiger partial charge in [0.15, 0.2) is 0 Å². The van der Waals surface area contributed by atoms with Gasteiger partial charge in [0.1, 0.15) is 0 Å². The van der Waals surface area contributed by atoms with E-state index in [4.69, 9.17) is 4.74 Å². The Morgan fingerprint density at radius 2 is 2.13 bits per heavy atom. The van der Waals surface area contributed by atoms with E-state index in [9.17, 15) is 0 Å². The summed E-state index contributed by atoms with van der Waals surface area (Å²) in [4.78, 5) is 4.45. The molecule has 84 valence electrons. The normalized spacial score (nSPS) is 12.5. The third-order valence-corrected chi connectivity index (χ3v) is 2.70. The molecule has 1 aromatic rings. The number of methoxy groups -OCH3 is 1. The summed E-state index contributed by atoms with van der Waals surface area (Å²) in [6, 6.07) is 5.99. The van der Waals surface area contributed by atoms with Gasteiger partial charge in [-0.2, -0.15) is 0 Å². The van der Waals surface area contributed by atoms with Gasteiger partial charge in [0, 0.05) is 11.8 Å². The maximum atomic E-state index is 5.12. The van der Waals surface area contributed by atoms with E-state index in [-0.39, 0.29) is 0 Å². The molecule has 0 bridgehead atoms. The number of pyridine rings is 1. The first-order valence-corrected chi connectivity index (χ1v) is 5.78. The molecular weight excluding hydrogens is 186 g/mol. The first kappa shape index (κ1) is 12.0. The van der Waals surface area contributed by atoms with Gasteiger partial charge in [-0.3, -0.25) is 0 Å². The number of hydrogen-bond donors (Lipinski definition) is 0. The lowest BCUT2D eigenvalue weighted by Gasteiger charge is -2.11. The second-order valence-electron chi connectivity index (χ2n) is 4.00. The first-order valence-electron chi connectivity index (χ1n) is 5.78. The maximum absolute atomic E-state index is 5.12. The van der Waals surface area contributed by atoms with Crippen LogP contribution in [-0.4, -0.2) is 12.1 Å². The highest BCUT2D eigenvalue weighted by molar-refractivity contribution is 5.18. The van der Waals surface area contributed by atoms with Gasteiger partial charge in [-0.25, -0.2) is 4.98 Å². The third-order valence-electron chi connectivity index (χ3n) is 2.70. The summed E-state index contributed by atoms with van der Waals surface area (Å²) in [5.41, 5.74) is 1.14. The molecule has 2 heteroatoms. The van der Waals surface area contributed by atoms with E-state index in [1.165, 1.54) is 25.7 Å². The Morgan fingerprint density at radius 1 is 1.33 bits per heavy atom. The summed E-state index contributed by atoms with van der Waals surface area (Å²) < 4.78 is 5.12. The summed E-state index contributed by atoms with van der Waals surface area (Å²) in [6.07, 6.45) is 5.09. The minimum Gasteiger partial charge on any atom is -0.481 e. The zero-order chi connectivity index (χ0) is 11.1. The summed E-state index contributed by atoms with van der Waals surface area (Å²) in [6.45, 7) is 4.46. The van der Waals surface area contributed by atoms with Crippen molar-refractivity contribution in [3.05, 3.63) is 23.9 Å². The fourth-order valence-electron chi connectivity index (χ4n) is 1.67. The number of aromatic nitrogens is 1. The van der Waals surface area contributed by atoms with Crippen LogP contribution in [0.2, 0.25) is 0 Å². The molecule has 0 aliphatic carbocycles. The van der Waals surface area contributed by atoms with Crippen molar-refractivity contribution in [1.29, 1.82) is 0 Å². The molecular formula is C13H21NO. The average Bonchev–Trinajstić information content (AvgIpc) is 2.29. The molecule has 0 aliphatic rings. The van der Waals surface area contributed by atoms with E-state index in [1.54, 1.807) is 7.11 Å². The Kier molecular flexibility index (Phi) is 5.16. The molecule has 0 radical (unpaired) electrons. The Morgan fingerprint density at radius 3 is 2.80 bits per heavy atom. The van der Waals surface area contributed by atoms with Crippen LogP contribution in [0.4, 0.5) is 0 Å². The van der Waals surface area contributed by atoms with E-state index >= 15 is 0 Å². The molecule has 0 N–H and O–H groups in total. The monoisotopic (exact) mass is 207 g/mol. The summed E-state index contributed by atoms with van der Waals surface area (Å²) in [7, 11) is 1.66. The smallest absolute Gasteiger partial charge is 0.213 e. The quantitative estimate of drug-likeness (QED) is 0.662.